The van der Waals surface area contributed by atoms with Crippen molar-refractivity contribution >= 4 is 19.5 Å². The summed E-state index contributed by atoms with van der Waals surface area (Å²) in [5, 5.41) is 1.44. The van der Waals surface area contributed by atoms with E-state index >= 15 is 0 Å². The SMILES string of the molecule is C1=C(c2ccccc2)C=C(c2ccccc2)PC1c1ccccc1. The normalized spacial score (nSPS) is 18.1. The van der Waals surface area contributed by atoms with E-state index in [2.05, 4.69) is 103 Å². The Kier molecular flexibility index (Phi) is 4.40. The molecule has 1 aliphatic rings. The number of benzene rings is 3. The van der Waals surface area contributed by atoms with Crippen molar-refractivity contribution in [2.45, 2.75) is 5.66 Å². The molecule has 0 nitrogen and oxygen atoms in total. The van der Waals surface area contributed by atoms with E-state index < -0.39 is 0 Å². The van der Waals surface area contributed by atoms with Gasteiger partial charge in [0.05, 0.1) is 0 Å². The van der Waals surface area contributed by atoms with Crippen LogP contribution in [0.4, 0.5) is 0 Å². The Labute approximate surface area is 145 Å². The van der Waals surface area contributed by atoms with Crippen LogP contribution < -0.4 is 0 Å². The summed E-state index contributed by atoms with van der Waals surface area (Å²) in [4.78, 5) is 0. The van der Waals surface area contributed by atoms with Crippen LogP contribution in [-0.4, -0.2) is 0 Å². The molecule has 0 amide bonds. The summed E-state index contributed by atoms with van der Waals surface area (Å²) in [5.74, 6) is 0. The molecule has 3 aromatic carbocycles. The molecule has 0 saturated carbocycles. The van der Waals surface area contributed by atoms with E-state index in [0.717, 1.165) is 8.58 Å². The monoisotopic (exact) mass is 326 g/mol. The maximum atomic E-state index is 2.43. The summed E-state index contributed by atoms with van der Waals surface area (Å²) >= 11 is 0. The van der Waals surface area contributed by atoms with Gasteiger partial charge in [0.2, 0.25) is 0 Å². The van der Waals surface area contributed by atoms with Gasteiger partial charge < -0.3 is 0 Å². The van der Waals surface area contributed by atoms with E-state index in [0.29, 0.717) is 5.66 Å². The predicted octanol–water partition coefficient (Wildman–Crippen LogP) is 6.54. The Hall–Kier alpha value is -2.43. The second-order valence-electron chi connectivity index (χ2n) is 5.94. The lowest BCUT2D eigenvalue weighted by Gasteiger charge is -2.23. The molecular formula is C23H19P. The number of rotatable bonds is 3. The summed E-state index contributed by atoms with van der Waals surface area (Å²) in [5.41, 5.74) is 5.78. The van der Waals surface area contributed by atoms with E-state index in [4.69, 9.17) is 0 Å². The zero-order valence-electron chi connectivity index (χ0n) is 13.4. The molecule has 0 spiro atoms. The molecule has 24 heavy (non-hydrogen) atoms. The van der Waals surface area contributed by atoms with E-state index in [1.54, 1.807) is 0 Å². The molecular weight excluding hydrogens is 307 g/mol. The summed E-state index contributed by atoms with van der Waals surface area (Å²) in [6, 6.07) is 32.3. The minimum absolute atomic E-state index is 0.446. The first-order chi connectivity index (χ1) is 11.9. The van der Waals surface area contributed by atoms with Crippen LogP contribution in [0.15, 0.2) is 103 Å². The van der Waals surface area contributed by atoms with Crippen molar-refractivity contribution in [2.24, 2.45) is 0 Å². The molecule has 1 aliphatic heterocycles. The Balaban J connectivity index is 1.79. The third kappa shape index (κ3) is 3.25. The first-order valence-corrected chi connectivity index (χ1v) is 9.34. The smallest absolute Gasteiger partial charge is 0.0243 e. The largest absolute Gasteiger partial charge is 0.0781 e. The molecule has 0 radical (unpaired) electrons. The lowest BCUT2D eigenvalue weighted by Crippen LogP contribution is -1.96. The second-order valence-corrected chi connectivity index (χ2v) is 7.39. The van der Waals surface area contributed by atoms with Crippen molar-refractivity contribution in [3.63, 3.8) is 0 Å². The highest BCUT2D eigenvalue weighted by molar-refractivity contribution is 7.51. The second kappa shape index (κ2) is 6.99. The van der Waals surface area contributed by atoms with Crippen molar-refractivity contribution in [3.8, 4) is 0 Å². The highest BCUT2D eigenvalue weighted by atomic mass is 31.1. The summed E-state index contributed by atoms with van der Waals surface area (Å²) in [7, 11) is 0.754. The summed E-state index contributed by atoms with van der Waals surface area (Å²) in [6.45, 7) is 0. The number of hydrogen-bond acceptors (Lipinski definition) is 0. The molecule has 2 atom stereocenters. The quantitative estimate of drug-likeness (QED) is 0.479. The molecule has 0 N–H and O–H groups in total. The maximum absolute atomic E-state index is 2.43. The van der Waals surface area contributed by atoms with Gasteiger partial charge in [-0.2, -0.15) is 0 Å². The third-order valence-corrected chi connectivity index (χ3v) is 5.86. The van der Waals surface area contributed by atoms with Gasteiger partial charge in [0.15, 0.2) is 0 Å². The van der Waals surface area contributed by atoms with Crippen LogP contribution in [-0.2, 0) is 0 Å². The Morgan fingerprint density at radius 3 is 1.75 bits per heavy atom. The van der Waals surface area contributed by atoms with Gasteiger partial charge in [0, 0.05) is 5.66 Å². The fourth-order valence-electron chi connectivity index (χ4n) is 3.07. The van der Waals surface area contributed by atoms with Gasteiger partial charge in [-0.05, 0) is 33.7 Å². The standard InChI is InChI=1S/C23H19P/c1-4-10-18(11-5-1)21-16-22(19-12-6-2-7-13-19)24-23(17-21)20-14-8-3-9-15-20/h1-17,22,24H. The van der Waals surface area contributed by atoms with Crippen LogP contribution in [0.5, 0.6) is 0 Å². The van der Waals surface area contributed by atoms with E-state index in [-0.39, 0.29) is 0 Å². The van der Waals surface area contributed by atoms with Gasteiger partial charge in [0.1, 0.15) is 0 Å². The molecule has 116 valence electrons. The number of allylic oxidation sites excluding steroid dienone is 3. The predicted molar refractivity (Wildman–Crippen MR) is 106 cm³/mol. The van der Waals surface area contributed by atoms with Gasteiger partial charge in [-0.3, -0.25) is 0 Å². The van der Waals surface area contributed by atoms with E-state index in [1.165, 1.54) is 27.6 Å². The van der Waals surface area contributed by atoms with Crippen LogP contribution in [0, 0.1) is 0 Å². The van der Waals surface area contributed by atoms with Crippen molar-refractivity contribution in [2.75, 3.05) is 0 Å². The molecule has 1 heterocycles. The van der Waals surface area contributed by atoms with Gasteiger partial charge >= 0.3 is 0 Å². The van der Waals surface area contributed by atoms with Crippen LogP contribution in [0.25, 0.3) is 10.9 Å². The van der Waals surface area contributed by atoms with Gasteiger partial charge in [0.25, 0.3) is 0 Å². The molecule has 1 heteroatoms. The molecule has 0 saturated heterocycles. The highest BCUT2D eigenvalue weighted by Crippen LogP contribution is 2.51. The Morgan fingerprint density at radius 1 is 0.583 bits per heavy atom. The fourth-order valence-corrected chi connectivity index (χ4v) is 4.60. The molecule has 0 aromatic heterocycles. The van der Waals surface area contributed by atoms with Crippen LogP contribution in [0.1, 0.15) is 22.3 Å². The van der Waals surface area contributed by atoms with Gasteiger partial charge in [-0.1, -0.05) is 106 Å². The number of hydrogen-bond donors (Lipinski definition) is 0. The zero-order valence-corrected chi connectivity index (χ0v) is 14.4. The van der Waals surface area contributed by atoms with Crippen LogP contribution in [0.3, 0.4) is 0 Å². The van der Waals surface area contributed by atoms with Crippen LogP contribution in [0.2, 0.25) is 0 Å². The minimum atomic E-state index is 0.446. The minimum Gasteiger partial charge on any atom is -0.0781 e. The van der Waals surface area contributed by atoms with Crippen molar-refractivity contribution in [3.05, 3.63) is 120 Å². The zero-order chi connectivity index (χ0) is 16.2. The molecule has 2 unspecified atom stereocenters. The first kappa shape index (κ1) is 15.1. The van der Waals surface area contributed by atoms with Crippen molar-refractivity contribution < 1.29 is 0 Å². The lowest BCUT2D eigenvalue weighted by molar-refractivity contribution is 1.22. The highest BCUT2D eigenvalue weighted by Gasteiger charge is 2.18. The summed E-state index contributed by atoms with van der Waals surface area (Å²) in [6.07, 6.45) is 4.79. The molecule has 0 fully saturated rings. The molecule has 0 bridgehead atoms. The third-order valence-electron chi connectivity index (χ3n) is 4.31. The molecule has 0 aliphatic carbocycles. The fraction of sp³-hybridized carbons (Fsp3) is 0.0435. The topological polar surface area (TPSA) is 0 Å². The van der Waals surface area contributed by atoms with Crippen molar-refractivity contribution in [1.82, 2.24) is 0 Å². The summed E-state index contributed by atoms with van der Waals surface area (Å²) < 4.78 is 0. The van der Waals surface area contributed by atoms with E-state index in [9.17, 15) is 0 Å². The molecule has 4 rings (SSSR count). The van der Waals surface area contributed by atoms with Gasteiger partial charge in [-0.25, -0.2) is 0 Å². The lowest BCUT2D eigenvalue weighted by atomic mass is 10.0. The maximum Gasteiger partial charge on any atom is 0.0243 e. The van der Waals surface area contributed by atoms with E-state index in [1.807, 2.05) is 0 Å². The average molecular weight is 326 g/mol. The van der Waals surface area contributed by atoms with Gasteiger partial charge in [-0.15, -0.1) is 0 Å². The average Bonchev–Trinajstić information content (AvgIpc) is 2.70. The van der Waals surface area contributed by atoms with Crippen LogP contribution >= 0.6 is 8.58 Å². The Bertz CT molecular complexity index is 862. The molecule has 3 aromatic rings. The first-order valence-electron chi connectivity index (χ1n) is 8.26. The van der Waals surface area contributed by atoms with Crippen molar-refractivity contribution in [1.29, 1.82) is 0 Å². The Morgan fingerprint density at radius 2 is 1.12 bits per heavy atom.